The van der Waals surface area contributed by atoms with Crippen LogP contribution < -0.4 is 21.1 Å². The van der Waals surface area contributed by atoms with Gasteiger partial charge in [0.2, 0.25) is 0 Å². The van der Waals surface area contributed by atoms with Crippen LogP contribution in [0.4, 0.5) is 0 Å². The normalized spacial score (nSPS) is 12.3. The summed E-state index contributed by atoms with van der Waals surface area (Å²) in [6.07, 6.45) is 0. The summed E-state index contributed by atoms with van der Waals surface area (Å²) in [5.41, 5.74) is 8.68. The van der Waals surface area contributed by atoms with Gasteiger partial charge in [0.05, 0.1) is 0 Å². The molecule has 0 aromatic heterocycles. The predicted octanol–water partition coefficient (Wildman–Crippen LogP) is 2.33. The van der Waals surface area contributed by atoms with Crippen molar-refractivity contribution in [1.29, 1.82) is 0 Å². The number of guanidine groups is 1. The number of rotatable bonds is 8. The molecule has 1 amide bonds. The van der Waals surface area contributed by atoms with E-state index in [9.17, 15) is 4.79 Å². The van der Waals surface area contributed by atoms with E-state index >= 15 is 0 Å². The number of benzene rings is 2. The topological polar surface area (TPSA) is 88.7 Å². The molecule has 0 aliphatic carbocycles. The fourth-order valence-electron chi connectivity index (χ4n) is 2.57. The average Bonchev–Trinajstić information content (AvgIpc) is 2.67. The van der Waals surface area contributed by atoms with Gasteiger partial charge in [-0.1, -0.05) is 48.9 Å². The van der Waals surface area contributed by atoms with Crippen LogP contribution in [0, 0.1) is 6.92 Å². The molecule has 27 heavy (non-hydrogen) atoms. The molecule has 4 N–H and O–H groups in total. The van der Waals surface area contributed by atoms with E-state index in [2.05, 4.69) is 53.7 Å². The predicted molar refractivity (Wildman–Crippen MR) is 109 cm³/mol. The van der Waals surface area contributed by atoms with Gasteiger partial charge in [-0.05, 0) is 36.1 Å². The fourth-order valence-corrected chi connectivity index (χ4v) is 2.57. The summed E-state index contributed by atoms with van der Waals surface area (Å²) in [6, 6.07) is 16.1. The van der Waals surface area contributed by atoms with Gasteiger partial charge in [-0.25, -0.2) is 0 Å². The van der Waals surface area contributed by atoms with Gasteiger partial charge < -0.3 is 21.1 Å². The maximum atomic E-state index is 10.8. The number of hydrogen-bond donors (Lipinski definition) is 3. The van der Waals surface area contributed by atoms with Gasteiger partial charge in [-0.3, -0.25) is 9.79 Å². The van der Waals surface area contributed by atoms with E-state index in [4.69, 9.17) is 10.5 Å². The van der Waals surface area contributed by atoms with Crippen molar-refractivity contribution in [2.24, 2.45) is 10.7 Å². The Balaban J connectivity index is 1.84. The third-order valence-electron chi connectivity index (χ3n) is 4.19. The SMILES string of the molecule is CN=C(NCc1cccc(OCC(N)=O)c1)NCC(C)c1ccc(C)cc1. The fraction of sp³-hybridized carbons (Fsp3) is 0.333. The largest absolute Gasteiger partial charge is 0.484 e. The van der Waals surface area contributed by atoms with Gasteiger partial charge in [0, 0.05) is 20.1 Å². The van der Waals surface area contributed by atoms with Crippen molar-refractivity contribution >= 4 is 11.9 Å². The van der Waals surface area contributed by atoms with Crippen molar-refractivity contribution in [3.8, 4) is 5.75 Å². The molecule has 2 rings (SSSR count). The number of amides is 1. The van der Waals surface area contributed by atoms with Crippen LogP contribution in [0.3, 0.4) is 0 Å². The number of ether oxygens (including phenoxy) is 1. The number of aliphatic imine (C=N–C) groups is 1. The summed E-state index contributed by atoms with van der Waals surface area (Å²) in [5.74, 6) is 1.22. The third-order valence-corrected chi connectivity index (χ3v) is 4.19. The number of carbonyl (C=O) groups is 1. The summed E-state index contributed by atoms with van der Waals surface area (Å²) < 4.78 is 5.33. The lowest BCUT2D eigenvalue weighted by molar-refractivity contribution is -0.119. The van der Waals surface area contributed by atoms with Crippen LogP contribution in [0.1, 0.15) is 29.5 Å². The molecule has 0 heterocycles. The second kappa shape index (κ2) is 10.2. The molecule has 0 aliphatic rings. The molecular formula is C21H28N4O2. The Morgan fingerprint density at radius 3 is 2.59 bits per heavy atom. The van der Waals surface area contributed by atoms with Crippen LogP contribution in [0.5, 0.6) is 5.75 Å². The van der Waals surface area contributed by atoms with E-state index < -0.39 is 5.91 Å². The van der Waals surface area contributed by atoms with Crippen molar-refractivity contribution in [2.75, 3.05) is 20.2 Å². The minimum atomic E-state index is -0.495. The molecule has 0 radical (unpaired) electrons. The molecule has 2 aromatic carbocycles. The number of nitrogens with two attached hydrogens (primary N) is 1. The lowest BCUT2D eigenvalue weighted by Crippen LogP contribution is -2.38. The van der Waals surface area contributed by atoms with Gasteiger partial charge in [0.25, 0.3) is 5.91 Å². The van der Waals surface area contributed by atoms with Crippen LogP contribution in [-0.2, 0) is 11.3 Å². The minimum absolute atomic E-state index is 0.128. The van der Waals surface area contributed by atoms with Crippen LogP contribution in [0.15, 0.2) is 53.5 Å². The number of aryl methyl sites for hydroxylation is 1. The molecule has 6 nitrogen and oxygen atoms in total. The minimum Gasteiger partial charge on any atom is -0.484 e. The summed E-state index contributed by atoms with van der Waals surface area (Å²) in [7, 11) is 1.75. The Morgan fingerprint density at radius 1 is 1.19 bits per heavy atom. The molecule has 2 aromatic rings. The third kappa shape index (κ3) is 7.01. The van der Waals surface area contributed by atoms with E-state index in [-0.39, 0.29) is 6.61 Å². The summed E-state index contributed by atoms with van der Waals surface area (Å²) in [5, 5.41) is 6.64. The van der Waals surface area contributed by atoms with Crippen LogP contribution >= 0.6 is 0 Å². The number of carbonyl (C=O) groups excluding carboxylic acids is 1. The van der Waals surface area contributed by atoms with Gasteiger partial charge in [-0.2, -0.15) is 0 Å². The van der Waals surface area contributed by atoms with Crippen molar-refractivity contribution in [1.82, 2.24) is 10.6 Å². The Labute approximate surface area is 160 Å². The average molecular weight is 368 g/mol. The highest BCUT2D eigenvalue weighted by Crippen LogP contribution is 2.15. The number of hydrogen-bond acceptors (Lipinski definition) is 3. The Bertz CT molecular complexity index is 772. The van der Waals surface area contributed by atoms with E-state index in [1.54, 1.807) is 13.1 Å². The van der Waals surface area contributed by atoms with Crippen molar-refractivity contribution in [3.63, 3.8) is 0 Å². The van der Waals surface area contributed by atoms with Crippen LogP contribution in [0.2, 0.25) is 0 Å². The molecular weight excluding hydrogens is 340 g/mol. The summed E-state index contributed by atoms with van der Waals surface area (Å²) in [6.45, 7) is 5.52. The quantitative estimate of drug-likeness (QED) is 0.493. The number of nitrogens with zero attached hydrogens (tertiary/aromatic N) is 1. The second-order valence-electron chi connectivity index (χ2n) is 6.52. The molecule has 0 saturated carbocycles. The summed E-state index contributed by atoms with van der Waals surface area (Å²) in [4.78, 5) is 15.1. The highest BCUT2D eigenvalue weighted by Gasteiger charge is 2.07. The maximum Gasteiger partial charge on any atom is 0.255 e. The van der Waals surface area contributed by atoms with Crippen LogP contribution in [-0.4, -0.2) is 32.1 Å². The molecule has 0 saturated heterocycles. The first-order chi connectivity index (χ1) is 13.0. The first-order valence-electron chi connectivity index (χ1n) is 8.99. The molecule has 0 aliphatic heterocycles. The van der Waals surface area contributed by atoms with E-state index in [1.807, 2.05) is 18.2 Å². The zero-order valence-corrected chi connectivity index (χ0v) is 16.2. The maximum absolute atomic E-state index is 10.8. The van der Waals surface area contributed by atoms with E-state index in [0.29, 0.717) is 18.2 Å². The zero-order chi connectivity index (χ0) is 19.6. The number of nitrogens with one attached hydrogen (secondary N) is 2. The molecule has 1 unspecified atom stereocenters. The smallest absolute Gasteiger partial charge is 0.255 e. The molecule has 0 spiro atoms. The van der Waals surface area contributed by atoms with Crippen LogP contribution in [0.25, 0.3) is 0 Å². The highest BCUT2D eigenvalue weighted by atomic mass is 16.5. The first kappa shape index (κ1) is 20.3. The highest BCUT2D eigenvalue weighted by molar-refractivity contribution is 5.79. The Morgan fingerprint density at radius 2 is 1.93 bits per heavy atom. The molecule has 1 atom stereocenters. The Hall–Kier alpha value is -3.02. The van der Waals surface area contributed by atoms with E-state index in [1.165, 1.54) is 11.1 Å². The van der Waals surface area contributed by atoms with Crippen molar-refractivity contribution < 1.29 is 9.53 Å². The van der Waals surface area contributed by atoms with Gasteiger partial charge in [-0.15, -0.1) is 0 Å². The molecule has 0 bridgehead atoms. The lowest BCUT2D eigenvalue weighted by Gasteiger charge is -2.17. The molecule has 144 valence electrons. The summed E-state index contributed by atoms with van der Waals surface area (Å²) >= 11 is 0. The van der Waals surface area contributed by atoms with Crippen molar-refractivity contribution in [2.45, 2.75) is 26.3 Å². The molecule has 6 heteroatoms. The monoisotopic (exact) mass is 368 g/mol. The van der Waals surface area contributed by atoms with E-state index in [0.717, 1.165) is 18.1 Å². The second-order valence-corrected chi connectivity index (χ2v) is 6.52. The van der Waals surface area contributed by atoms with Gasteiger partial charge >= 0.3 is 0 Å². The lowest BCUT2D eigenvalue weighted by atomic mass is 10.0. The van der Waals surface area contributed by atoms with Gasteiger partial charge in [0.1, 0.15) is 5.75 Å². The Kier molecular flexibility index (Phi) is 7.67. The van der Waals surface area contributed by atoms with Crippen molar-refractivity contribution in [3.05, 3.63) is 65.2 Å². The molecule has 0 fully saturated rings. The first-order valence-corrected chi connectivity index (χ1v) is 8.99. The zero-order valence-electron chi connectivity index (χ0n) is 16.2. The standard InChI is InChI=1S/C21H28N4O2/c1-15-7-9-18(10-8-15)16(2)12-24-21(23-3)25-13-17-5-4-6-19(11-17)27-14-20(22)26/h4-11,16H,12-14H2,1-3H3,(H2,22,26)(H2,23,24,25). The number of primary amides is 1. The van der Waals surface area contributed by atoms with Gasteiger partial charge in [0.15, 0.2) is 12.6 Å².